The van der Waals surface area contributed by atoms with Crippen LogP contribution in [0.15, 0.2) is 30.3 Å². The molecule has 0 bridgehead atoms. The second-order valence-electron chi connectivity index (χ2n) is 5.71. The van der Waals surface area contributed by atoms with Crippen LogP contribution in [0.25, 0.3) is 0 Å². The van der Waals surface area contributed by atoms with Gasteiger partial charge in [-0.1, -0.05) is 43.2 Å². The van der Waals surface area contributed by atoms with Crippen molar-refractivity contribution in [2.24, 2.45) is 5.92 Å². The van der Waals surface area contributed by atoms with Gasteiger partial charge in [0.1, 0.15) is 0 Å². The summed E-state index contributed by atoms with van der Waals surface area (Å²) in [6, 6.07) is 10.2. The number of amides is 1. The first-order valence-electron chi connectivity index (χ1n) is 7.73. The number of rotatable bonds is 9. The van der Waals surface area contributed by atoms with Gasteiger partial charge >= 0.3 is 5.97 Å². The van der Waals surface area contributed by atoms with E-state index in [4.69, 9.17) is 5.11 Å². The highest BCUT2D eigenvalue weighted by Crippen LogP contribution is 2.47. The second kappa shape index (κ2) is 7.81. The molecule has 0 spiro atoms. The Labute approximate surface area is 125 Å². The minimum Gasteiger partial charge on any atom is -0.481 e. The number of unbranched alkanes of at least 4 members (excludes halogenated alkanes) is 3. The molecule has 1 aliphatic carbocycles. The van der Waals surface area contributed by atoms with Gasteiger partial charge in [-0.3, -0.25) is 9.59 Å². The van der Waals surface area contributed by atoms with Crippen molar-refractivity contribution in [2.45, 2.75) is 44.4 Å². The lowest BCUT2D eigenvalue weighted by molar-refractivity contribution is -0.137. The number of carboxylic acid groups (broad SMARTS) is 1. The summed E-state index contributed by atoms with van der Waals surface area (Å²) < 4.78 is 0. The van der Waals surface area contributed by atoms with E-state index < -0.39 is 5.97 Å². The molecule has 2 atom stereocenters. The Morgan fingerprint density at radius 1 is 1.10 bits per heavy atom. The minimum absolute atomic E-state index is 0.138. The van der Waals surface area contributed by atoms with Gasteiger partial charge < -0.3 is 10.4 Å². The number of hydrogen-bond acceptors (Lipinski definition) is 2. The van der Waals surface area contributed by atoms with E-state index in [1.165, 1.54) is 5.56 Å². The third-order valence-electron chi connectivity index (χ3n) is 3.97. The Hall–Kier alpha value is -1.84. The lowest BCUT2D eigenvalue weighted by Gasteiger charge is -2.05. The molecular formula is C17H23NO3. The van der Waals surface area contributed by atoms with Crippen LogP contribution in [0.2, 0.25) is 0 Å². The topological polar surface area (TPSA) is 66.4 Å². The Balaban J connectivity index is 1.54. The largest absolute Gasteiger partial charge is 0.481 e. The molecule has 4 nitrogen and oxygen atoms in total. The Bertz CT molecular complexity index is 472. The summed E-state index contributed by atoms with van der Waals surface area (Å²) in [5, 5.41) is 11.5. The van der Waals surface area contributed by atoms with Crippen molar-refractivity contribution < 1.29 is 14.7 Å². The molecule has 1 aromatic rings. The van der Waals surface area contributed by atoms with Crippen LogP contribution in [0.5, 0.6) is 0 Å². The predicted molar refractivity (Wildman–Crippen MR) is 81.0 cm³/mol. The van der Waals surface area contributed by atoms with Gasteiger partial charge in [0, 0.05) is 18.9 Å². The zero-order valence-electron chi connectivity index (χ0n) is 12.3. The summed E-state index contributed by atoms with van der Waals surface area (Å²) in [4.78, 5) is 22.3. The number of carbonyl (C=O) groups excluding carboxylic acids is 1. The van der Waals surface area contributed by atoms with Crippen LogP contribution in [0.3, 0.4) is 0 Å². The number of aliphatic carboxylic acids is 1. The molecule has 2 rings (SSSR count). The summed E-state index contributed by atoms with van der Waals surface area (Å²) in [6.07, 6.45) is 4.73. The summed E-state index contributed by atoms with van der Waals surface area (Å²) in [7, 11) is 0. The molecule has 0 aromatic heterocycles. The Morgan fingerprint density at radius 3 is 2.52 bits per heavy atom. The van der Waals surface area contributed by atoms with Crippen molar-refractivity contribution in [3.05, 3.63) is 35.9 Å². The molecule has 1 amide bonds. The number of carbonyl (C=O) groups is 2. The van der Waals surface area contributed by atoms with Crippen LogP contribution in [0.4, 0.5) is 0 Å². The molecule has 0 saturated heterocycles. The van der Waals surface area contributed by atoms with E-state index in [1.807, 2.05) is 18.2 Å². The average molecular weight is 289 g/mol. The van der Waals surface area contributed by atoms with Crippen molar-refractivity contribution in [1.29, 1.82) is 0 Å². The lowest BCUT2D eigenvalue weighted by atomic mass is 10.1. The molecule has 114 valence electrons. The number of hydrogen-bond donors (Lipinski definition) is 2. The quantitative estimate of drug-likeness (QED) is 0.687. The fraction of sp³-hybridized carbons (Fsp3) is 0.529. The summed E-state index contributed by atoms with van der Waals surface area (Å²) in [5.41, 5.74) is 1.26. The van der Waals surface area contributed by atoms with E-state index in [-0.39, 0.29) is 18.2 Å². The molecule has 0 heterocycles. The fourth-order valence-corrected chi connectivity index (χ4v) is 2.65. The van der Waals surface area contributed by atoms with Gasteiger partial charge in [0.25, 0.3) is 0 Å². The Kier molecular flexibility index (Phi) is 5.78. The van der Waals surface area contributed by atoms with Crippen molar-refractivity contribution in [3.63, 3.8) is 0 Å². The summed E-state index contributed by atoms with van der Waals surface area (Å²) in [6.45, 7) is 0.698. The van der Waals surface area contributed by atoms with Gasteiger partial charge in [-0.15, -0.1) is 0 Å². The maximum Gasteiger partial charge on any atom is 0.303 e. The number of benzene rings is 1. The van der Waals surface area contributed by atoms with Gasteiger partial charge in [0.15, 0.2) is 0 Å². The van der Waals surface area contributed by atoms with Crippen LogP contribution in [-0.2, 0) is 9.59 Å². The molecule has 2 unspecified atom stereocenters. The molecule has 1 aromatic carbocycles. The van der Waals surface area contributed by atoms with Gasteiger partial charge in [0.05, 0.1) is 0 Å². The summed E-state index contributed by atoms with van der Waals surface area (Å²) in [5.74, 6) is -0.0421. The highest BCUT2D eigenvalue weighted by Gasteiger charge is 2.43. The molecule has 1 fully saturated rings. The van der Waals surface area contributed by atoms with Crippen molar-refractivity contribution >= 4 is 11.9 Å². The third-order valence-corrected chi connectivity index (χ3v) is 3.97. The maximum atomic E-state index is 12.0. The van der Waals surface area contributed by atoms with Crippen LogP contribution < -0.4 is 5.32 Å². The second-order valence-corrected chi connectivity index (χ2v) is 5.71. The number of carboxylic acids is 1. The zero-order valence-corrected chi connectivity index (χ0v) is 12.3. The normalized spacial score (nSPS) is 20.0. The fourth-order valence-electron chi connectivity index (χ4n) is 2.65. The van der Waals surface area contributed by atoms with Crippen LogP contribution >= 0.6 is 0 Å². The molecule has 0 radical (unpaired) electrons. The summed E-state index contributed by atoms with van der Waals surface area (Å²) >= 11 is 0. The van der Waals surface area contributed by atoms with E-state index in [2.05, 4.69) is 17.4 Å². The van der Waals surface area contributed by atoms with Crippen molar-refractivity contribution in [2.75, 3.05) is 6.54 Å². The number of nitrogens with one attached hydrogen (secondary N) is 1. The maximum absolute atomic E-state index is 12.0. The lowest BCUT2D eigenvalue weighted by Crippen LogP contribution is -2.26. The van der Waals surface area contributed by atoms with Gasteiger partial charge in [0.2, 0.25) is 5.91 Å². The first kappa shape index (κ1) is 15.5. The average Bonchev–Trinajstić information content (AvgIpc) is 3.27. The molecular weight excluding hydrogens is 266 g/mol. The molecule has 2 N–H and O–H groups in total. The highest BCUT2D eigenvalue weighted by atomic mass is 16.4. The smallest absolute Gasteiger partial charge is 0.303 e. The highest BCUT2D eigenvalue weighted by molar-refractivity contribution is 5.82. The predicted octanol–water partition coefficient (Wildman–Crippen LogP) is 2.94. The van der Waals surface area contributed by atoms with Gasteiger partial charge in [-0.2, -0.15) is 0 Å². The van der Waals surface area contributed by atoms with Crippen LogP contribution in [-0.4, -0.2) is 23.5 Å². The first-order chi connectivity index (χ1) is 10.2. The van der Waals surface area contributed by atoms with Crippen LogP contribution in [0.1, 0.15) is 50.0 Å². The first-order valence-corrected chi connectivity index (χ1v) is 7.73. The third kappa shape index (κ3) is 5.21. The van der Waals surface area contributed by atoms with Gasteiger partial charge in [-0.05, 0) is 30.7 Å². The molecule has 4 heteroatoms. The molecule has 1 aliphatic rings. The van der Waals surface area contributed by atoms with E-state index in [1.54, 1.807) is 0 Å². The Morgan fingerprint density at radius 2 is 1.81 bits per heavy atom. The van der Waals surface area contributed by atoms with Gasteiger partial charge in [-0.25, -0.2) is 0 Å². The van der Waals surface area contributed by atoms with E-state index >= 15 is 0 Å². The van der Waals surface area contributed by atoms with E-state index in [0.29, 0.717) is 12.5 Å². The standard InChI is InChI=1S/C17H23NO3/c19-16(20)10-6-1-2-7-11-18-17(21)15-12-14(15)13-8-4-3-5-9-13/h3-5,8-9,14-15H,1-2,6-7,10-12H2,(H,18,21)(H,19,20). The SMILES string of the molecule is O=C(O)CCCCCCNC(=O)C1CC1c1ccccc1. The molecule has 1 saturated carbocycles. The minimum atomic E-state index is -0.732. The monoisotopic (exact) mass is 289 g/mol. The van der Waals surface area contributed by atoms with E-state index in [0.717, 1.165) is 32.1 Å². The van der Waals surface area contributed by atoms with Crippen molar-refractivity contribution in [1.82, 2.24) is 5.32 Å². The van der Waals surface area contributed by atoms with E-state index in [9.17, 15) is 9.59 Å². The van der Waals surface area contributed by atoms with Crippen molar-refractivity contribution in [3.8, 4) is 0 Å². The zero-order chi connectivity index (χ0) is 15.1. The van der Waals surface area contributed by atoms with Crippen LogP contribution in [0, 0.1) is 5.92 Å². The molecule has 21 heavy (non-hydrogen) atoms. The molecule has 0 aliphatic heterocycles.